The van der Waals surface area contributed by atoms with Crippen LogP contribution in [0.2, 0.25) is 0 Å². The summed E-state index contributed by atoms with van der Waals surface area (Å²) in [5.41, 5.74) is 1.99. The van der Waals surface area contributed by atoms with Crippen LogP contribution in [-0.4, -0.2) is 74.5 Å². The van der Waals surface area contributed by atoms with Crippen molar-refractivity contribution in [2.24, 2.45) is 0 Å². The van der Waals surface area contributed by atoms with Gasteiger partial charge < -0.3 is 9.64 Å². The van der Waals surface area contributed by atoms with Crippen LogP contribution in [-0.2, 0) is 4.79 Å². The van der Waals surface area contributed by atoms with Crippen LogP contribution < -0.4 is 4.74 Å². The Bertz CT molecular complexity index is 1230. The van der Waals surface area contributed by atoms with E-state index in [1.54, 1.807) is 24.8 Å². The highest BCUT2D eigenvalue weighted by Gasteiger charge is 2.26. The summed E-state index contributed by atoms with van der Waals surface area (Å²) in [7, 11) is 1.64. The van der Waals surface area contributed by atoms with Gasteiger partial charge in [0.25, 0.3) is 0 Å². The van der Waals surface area contributed by atoms with Gasteiger partial charge in [0.15, 0.2) is 5.16 Å². The van der Waals surface area contributed by atoms with Gasteiger partial charge in [-0.2, -0.15) is 0 Å². The van der Waals surface area contributed by atoms with Crippen molar-refractivity contribution in [1.29, 1.82) is 0 Å². The van der Waals surface area contributed by atoms with Crippen molar-refractivity contribution >= 4 is 39.2 Å². The molecule has 0 bridgehead atoms. The van der Waals surface area contributed by atoms with Crippen molar-refractivity contribution in [2.45, 2.75) is 18.1 Å². The number of amides is 1. The number of piperazine rings is 1. The fourth-order valence-corrected chi connectivity index (χ4v) is 5.93. The van der Waals surface area contributed by atoms with Crippen LogP contribution >= 0.6 is 23.1 Å². The van der Waals surface area contributed by atoms with Crippen molar-refractivity contribution in [3.05, 3.63) is 59.9 Å². The molecule has 5 rings (SSSR count). The molecule has 0 N–H and O–H groups in total. The van der Waals surface area contributed by atoms with Crippen LogP contribution in [0.4, 0.5) is 0 Å². The minimum Gasteiger partial charge on any atom is -0.497 e. The van der Waals surface area contributed by atoms with Crippen molar-refractivity contribution in [2.75, 3.05) is 39.0 Å². The van der Waals surface area contributed by atoms with Crippen molar-refractivity contribution in [1.82, 2.24) is 29.5 Å². The van der Waals surface area contributed by atoms with Gasteiger partial charge in [-0.1, -0.05) is 23.9 Å². The lowest BCUT2D eigenvalue weighted by Crippen LogP contribution is -2.49. The Morgan fingerprint density at radius 1 is 1.12 bits per heavy atom. The lowest BCUT2D eigenvalue weighted by molar-refractivity contribution is -0.130. The number of rotatable bonds is 7. The van der Waals surface area contributed by atoms with Gasteiger partial charge in [0.1, 0.15) is 17.1 Å². The Hall–Kier alpha value is -2.95. The maximum atomic E-state index is 12.9. The molecular weight excluding hydrogens is 468 g/mol. The van der Waals surface area contributed by atoms with Gasteiger partial charge in [-0.15, -0.1) is 21.5 Å². The molecule has 0 spiro atoms. The molecule has 1 aliphatic rings. The second kappa shape index (κ2) is 10.1. The van der Waals surface area contributed by atoms with Gasteiger partial charge >= 0.3 is 0 Å². The Balaban J connectivity index is 1.15. The summed E-state index contributed by atoms with van der Waals surface area (Å²) in [6.07, 6.45) is 1.66. The van der Waals surface area contributed by atoms with Crippen molar-refractivity contribution in [3.63, 3.8) is 0 Å². The van der Waals surface area contributed by atoms with Gasteiger partial charge in [0.05, 0.1) is 29.1 Å². The highest BCUT2D eigenvalue weighted by Crippen LogP contribution is 2.30. The first-order chi connectivity index (χ1) is 16.6. The molecule has 4 aromatic rings. The number of fused-ring (bicyclic) bond motifs is 1. The number of thioether (sulfide) groups is 1. The number of para-hydroxylation sites is 1. The monoisotopic (exact) mass is 494 g/mol. The summed E-state index contributed by atoms with van der Waals surface area (Å²) >= 11 is 3.17. The van der Waals surface area contributed by atoms with Crippen molar-refractivity contribution < 1.29 is 9.53 Å². The summed E-state index contributed by atoms with van der Waals surface area (Å²) in [5.74, 6) is 1.25. The average molecular weight is 495 g/mol. The highest BCUT2D eigenvalue weighted by molar-refractivity contribution is 7.99. The number of aromatic nitrogens is 4. The van der Waals surface area contributed by atoms with Gasteiger partial charge in [0.2, 0.25) is 5.91 Å². The zero-order valence-electron chi connectivity index (χ0n) is 19.1. The topological polar surface area (TPSA) is 76.4 Å². The third-order valence-corrected chi connectivity index (χ3v) is 8.21. The van der Waals surface area contributed by atoms with E-state index in [1.807, 2.05) is 39.8 Å². The number of benzene rings is 2. The maximum Gasteiger partial charge on any atom is 0.233 e. The van der Waals surface area contributed by atoms with Crippen molar-refractivity contribution in [3.8, 4) is 11.4 Å². The second-order valence-corrected chi connectivity index (χ2v) is 10.1. The Labute approximate surface area is 206 Å². The van der Waals surface area contributed by atoms with E-state index in [-0.39, 0.29) is 11.9 Å². The first kappa shape index (κ1) is 22.8. The van der Waals surface area contributed by atoms with Crippen LogP contribution in [0.3, 0.4) is 0 Å². The van der Waals surface area contributed by atoms with E-state index in [0.717, 1.165) is 48.1 Å². The van der Waals surface area contributed by atoms with E-state index in [4.69, 9.17) is 9.72 Å². The fourth-order valence-electron chi connectivity index (χ4n) is 4.04. The first-order valence-electron chi connectivity index (χ1n) is 11.2. The molecule has 1 unspecified atom stereocenters. The molecule has 3 heterocycles. The molecule has 1 atom stereocenters. The van der Waals surface area contributed by atoms with Gasteiger partial charge in [-0.25, -0.2) is 4.98 Å². The minimum atomic E-state index is 0.126. The standard InChI is InChI=1S/C24H26N6O2S2/c1-17(23-26-20-5-3-4-6-21(20)34-23)28-11-13-29(14-12-28)22(31)15-33-24-27-25-16-30(24)18-7-9-19(32-2)10-8-18/h3-10,16-17H,11-15H2,1-2H3. The van der Waals surface area contributed by atoms with Crippen LogP contribution in [0.5, 0.6) is 5.75 Å². The lowest BCUT2D eigenvalue weighted by atomic mass is 10.2. The number of nitrogens with zero attached hydrogens (tertiary/aromatic N) is 6. The fraction of sp³-hybridized carbons (Fsp3) is 0.333. The predicted molar refractivity (Wildman–Crippen MR) is 135 cm³/mol. The molecule has 0 radical (unpaired) electrons. The lowest BCUT2D eigenvalue weighted by Gasteiger charge is -2.37. The molecule has 8 nitrogen and oxygen atoms in total. The number of carbonyl (C=O) groups is 1. The molecular formula is C24H26N6O2S2. The minimum absolute atomic E-state index is 0.126. The molecule has 1 amide bonds. The molecule has 2 aromatic heterocycles. The Morgan fingerprint density at radius 3 is 2.62 bits per heavy atom. The number of carbonyl (C=O) groups excluding carboxylic acids is 1. The van der Waals surface area contributed by atoms with Crippen LogP contribution in [0.25, 0.3) is 15.9 Å². The number of methoxy groups -OCH3 is 1. The molecule has 10 heteroatoms. The predicted octanol–water partition coefficient (Wildman–Crippen LogP) is 3.88. The number of thiazole rings is 1. The van der Waals surface area contributed by atoms with Crippen LogP contribution in [0, 0.1) is 0 Å². The van der Waals surface area contributed by atoms with Gasteiger partial charge in [-0.3, -0.25) is 14.3 Å². The van der Waals surface area contributed by atoms with E-state index < -0.39 is 0 Å². The normalized spacial score (nSPS) is 15.5. The van der Waals surface area contributed by atoms with E-state index >= 15 is 0 Å². The van der Waals surface area contributed by atoms with Crippen LogP contribution in [0.15, 0.2) is 60.0 Å². The molecule has 1 fully saturated rings. The smallest absolute Gasteiger partial charge is 0.233 e. The third kappa shape index (κ3) is 4.79. The molecule has 2 aromatic carbocycles. The molecule has 0 saturated carbocycles. The quantitative estimate of drug-likeness (QED) is 0.361. The summed E-state index contributed by atoms with van der Waals surface area (Å²) in [6, 6.07) is 16.2. The number of hydrogen-bond donors (Lipinski definition) is 0. The summed E-state index contributed by atoms with van der Waals surface area (Å²) in [4.78, 5) is 22.1. The number of hydrogen-bond acceptors (Lipinski definition) is 8. The second-order valence-electron chi connectivity index (χ2n) is 8.08. The highest BCUT2D eigenvalue weighted by atomic mass is 32.2. The molecule has 1 aliphatic heterocycles. The van der Waals surface area contributed by atoms with Gasteiger partial charge in [-0.05, 0) is 43.3 Å². The van der Waals surface area contributed by atoms with E-state index in [1.165, 1.54) is 16.5 Å². The zero-order valence-corrected chi connectivity index (χ0v) is 20.8. The molecule has 176 valence electrons. The molecule has 0 aliphatic carbocycles. The van der Waals surface area contributed by atoms with Gasteiger partial charge in [0, 0.05) is 31.9 Å². The molecule has 34 heavy (non-hydrogen) atoms. The zero-order chi connectivity index (χ0) is 23.5. The SMILES string of the molecule is COc1ccc(-n2cnnc2SCC(=O)N2CCN(C(C)c3nc4ccccc4s3)CC2)cc1. The number of ether oxygens (including phenoxy) is 1. The largest absolute Gasteiger partial charge is 0.497 e. The first-order valence-corrected chi connectivity index (χ1v) is 13.0. The third-order valence-electron chi connectivity index (χ3n) is 6.07. The summed E-state index contributed by atoms with van der Waals surface area (Å²) < 4.78 is 8.33. The Kier molecular flexibility index (Phi) is 6.80. The van der Waals surface area contributed by atoms with E-state index in [2.05, 4.69) is 40.2 Å². The maximum absolute atomic E-state index is 12.9. The van der Waals surface area contributed by atoms with Crippen LogP contribution in [0.1, 0.15) is 18.0 Å². The van der Waals surface area contributed by atoms with E-state index in [0.29, 0.717) is 10.9 Å². The van der Waals surface area contributed by atoms with E-state index in [9.17, 15) is 4.79 Å². The molecule has 1 saturated heterocycles. The summed E-state index contributed by atoms with van der Waals surface area (Å²) in [6.45, 7) is 5.34. The summed E-state index contributed by atoms with van der Waals surface area (Å²) in [5, 5.41) is 10.1. The average Bonchev–Trinajstić information content (AvgIpc) is 3.54. The Morgan fingerprint density at radius 2 is 1.88 bits per heavy atom.